The summed E-state index contributed by atoms with van der Waals surface area (Å²) in [6, 6.07) is 5.65. The van der Waals surface area contributed by atoms with Crippen LogP contribution in [-0.4, -0.2) is 42.9 Å². The Morgan fingerprint density at radius 1 is 1.16 bits per heavy atom. The van der Waals surface area contributed by atoms with E-state index in [1.165, 1.54) is 6.07 Å². The highest BCUT2D eigenvalue weighted by molar-refractivity contribution is 7.89. The summed E-state index contributed by atoms with van der Waals surface area (Å²) >= 11 is 0. The van der Waals surface area contributed by atoms with Crippen LogP contribution in [0.5, 0.6) is 5.88 Å². The molecule has 1 amide bonds. The standard InChI is InChI=1S/C20H18F3N3O4S/c21-13-10-15(22)19(16(23)11-13)31(28,29)26-8-6-12(7-9-26)17-2-1-3-18(25-17)30-20(27)24-14-4-5-14/h1-3,6,10-11,14H,4-5,7-9H2,(H,24,27). The van der Waals surface area contributed by atoms with Crippen LogP contribution in [0.3, 0.4) is 0 Å². The topological polar surface area (TPSA) is 88.6 Å². The predicted octanol–water partition coefficient (Wildman–Crippen LogP) is 3.23. The Morgan fingerprint density at radius 2 is 1.87 bits per heavy atom. The summed E-state index contributed by atoms with van der Waals surface area (Å²) in [7, 11) is -4.50. The first-order valence-electron chi connectivity index (χ1n) is 9.53. The van der Waals surface area contributed by atoms with E-state index in [0.29, 0.717) is 23.4 Å². The molecule has 164 valence electrons. The molecule has 2 aromatic rings. The van der Waals surface area contributed by atoms with Crippen molar-refractivity contribution >= 4 is 21.7 Å². The minimum atomic E-state index is -4.50. The van der Waals surface area contributed by atoms with Crippen LogP contribution in [0.2, 0.25) is 0 Å². The fourth-order valence-corrected chi connectivity index (χ4v) is 4.65. The van der Waals surface area contributed by atoms with Gasteiger partial charge in [-0.1, -0.05) is 12.1 Å². The van der Waals surface area contributed by atoms with Gasteiger partial charge in [0.05, 0.1) is 5.69 Å². The molecule has 4 rings (SSSR count). The monoisotopic (exact) mass is 453 g/mol. The Balaban J connectivity index is 1.49. The molecule has 1 fully saturated rings. The smallest absolute Gasteiger partial charge is 0.391 e. The van der Waals surface area contributed by atoms with Crippen molar-refractivity contribution in [1.82, 2.24) is 14.6 Å². The van der Waals surface area contributed by atoms with Crippen LogP contribution in [-0.2, 0) is 10.0 Å². The van der Waals surface area contributed by atoms with Gasteiger partial charge in [-0.15, -0.1) is 0 Å². The maximum Gasteiger partial charge on any atom is 0.414 e. The molecule has 1 aliphatic carbocycles. The number of sulfonamides is 1. The molecular weight excluding hydrogens is 435 g/mol. The molecule has 0 atom stereocenters. The number of pyridine rings is 1. The van der Waals surface area contributed by atoms with Crippen molar-refractivity contribution in [2.75, 3.05) is 13.1 Å². The Hall–Kier alpha value is -2.92. The number of rotatable bonds is 5. The zero-order valence-corrected chi connectivity index (χ0v) is 17.0. The fourth-order valence-electron chi connectivity index (χ4n) is 3.18. The molecule has 2 heterocycles. The average molecular weight is 453 g/mol. The maximum atomic E-state index is 14.0. The largest absolute Gasteiger partial charge is 0.414 e. The van der Waals surface area contributed by atoms with Gasteiger partial charge in [0.15, 0.2) is 4.90 Å². The Morgan fingerprint density at radius 3 is 2.48 bits per heavy atom. The summed E-state index contributed by atoms with van der Waals surface area (Å²) in [6.07, 6.45) is 3.03. The van der Waals surface area contributed by atoms with Crippen molar-refractivity contribution in [3.05, 3.63) is 59.6 Å². The molecule has 1 aromatic carbocycles. The molecule has 31 heavy (non-hydrogen) atoms. The third-order valence-electron chi connectivity index (χ3n) is 4.88. The first kappa shape index (κ1) is 21.3. The molecule has 11 heteroatoms. The number of amides is 1. The first-order valence-corrected chi connectivity index (χ1v) is 11.0. The highest BCUT2D eigenvalue weighted by atomic mass is 32.2. The van der Waals surface area contributed by atoms with E-state index in [1.807, 2.05) is 0 Å². The number of nitrogens with one attached hydrogen (secondary N) is 1. The van der Waals surface area contributed by atoms with Crippen molar-refractivity contribution < 1.29 is 31.1 Å². The first-order chi connectivity index (χ1) is 14.7. The highest BCUT2D eigenvalue weighted by Gasteiger charge is 2.32. The summed E-state index contributed by atoms with van der Waals surface area (Å²) in [5.74, 6) is -4.07. The third kappa shape index (κ3) is 4.72. The lowest BCUT2D eigenvalue weighted by molar-refractivity contribution is 0.198. The molecule has 2 aliphatic rings. The normalized spacial score (nSPS) is 17.2. The molecule has 0 spiro atoms. The van der Waals surface area contributed by atoms with Gasteiger partial charge in [0.25, 0.3) is 0 Å². The van der Waals surface area contributed by atoms with Crippen molar-refractivity contribution in [2.45, 2.75) is 30.2 Å². The second-order valence-electron chi connectivity index (χ2n) is 7.21. The highest BCUT2D eigenvalue weighted by Crippen LogP contribution is 2.29. The zero-order chi connectivity index (χ0) is 22.2. The van der Waals surface area contributed by atoms with Gasteiger partial charge in [-0.3, -0.25) is 0 Å². The van der Waals surface area contributed by atoms with Crippen LogP contribution >= 0.6 is 0 Å². The summed E-state index contributed by atoms with van der Waals surface area (Å²) in [5.41, 5.74) is 1.19. The summed E-state index contributed by atoms with van der Waals surface area (Å²) in [6.45, 7) is -0.206. The molecular formula is C20H18F3N3O4S. The predicted molar refractivity (Wildman–Crippen MR) is 104 cm³/mol. The van der Waals surface area contributed by atoms with E-state index in [9.17, 15) is 26.4 Å². The number of nitrogens with zero attached hydrogens (tertiary/aromatic N) is 2. The van der Waals surface area contributed by atoms with E-state index in [1.54, 1.807) is 18.2 Å². The van der Waals surface area contributed by atoms with Gasteiger partial charge in [0.1, 0.15) is 17.5 Å². The van der Waals surface area contributed by atoms with Crippen LogP contribution in [0, 0.1) is 17.5 Å². The lowest BCUT2D eigenvalue weighted by Gasteiger charge is -2.26. The Kier molecular flexibility index (Phi) is 5.71. The SMILES string of the molecule is O=C(NC1CC1)Oc1cccc(C2=CCN(S(=O)(=O)c3c(F)cc(F)cc3F)CC2)n1. The van der Waals surface area contributed by atoms with E-state index in [4.69, 9.17) is 4.74 Å². The maximum absolute atomic E-state index is 14.0. The number of ether oxygens (including phenoxy) is 1. The summed E-state index contributed by atoms with van der Waals surface area (Å²) in [5, 5.41) is 2.68. The Labute approximate surface area is 176 Å². The van der Waals surface area contributed by atoms with E-state index in [-0.39, 0.29) is 31.4 Å². The molecule has 1 saturated carbocycles. The van der Waals surface area contributed by atoms with Gasteiger partial charge in [-0.05, 0) is 30.9 Å². The van der Waals surface area contributed by atoms with E-state index < -0.39 is 38.5 Å². The molecule has 7 nitrogen and oxygen atoms in total. The lowest BCUT2D eigenvalue weighted by Crippen LogP contribution is -2.35. The van der Waals surface area contributed by atoms with Gasteiger partial charge >= 0.3 is 6.09 Å². The molecule has 0 bridgehead atoms. The number of carbonyl (C=O) groups excluding carboxylic acids is 1. The van der Waals surface area contributed by atoms with Crippen LogP contribution in [0.4, 0.5) is 18.0 Å². The fraction of sp³-hybridized carbons (Fsp3) is 0.300. The van der Waals surface area contributed by atoms with Crippen molar-refractivity contribution in [2.24, 2.45) is 0 Å². The Bertz CT molecular complexity index is 1140. The third-order valence-corrected chi connectivity index (χ3v) is 6.80. The number of aromatic nitrogens is 1. The molecule has 0 radical (unpaired) electrons. The van der Waals surface area contributed by atoms with Crippen molar-refractivity contribution in [1.29, 1.82) is 0 Å². The van der Waals surface area contributed by atoms with Gasteiger partial charge in [-0.2, -0.15) is 4.31 Å². The van der Waals surface area contributed by atoms with Crippen LogP contribution in [0.1, 0.15) is 25.0 Å². The molecule has 1 N–H and O–H groups in total. The second-order valence-corrected chi connectivity index (χ2v) is 9.08. The van der Waals surface area contributed by atoms with Crippen LogP contribution in [0.15, 0.2) is 41.3 Å². The number of halogens is 3. The van der Waals surface area contributed by atoms with Crippen molar-refractivity contribution in [3.8, 4) is 5.88 Å². The lowest BCUT2D eigenvalue weighted by atomic mass is 10.1. The molecule has 0 saturated heterocycles. The van der Waals surface area contributed by atoms with Gasteiger partial charge in [0.2, 0.25) is 15.9 Å². The molecule has 0 unspecified atom stereocenters. The number of hydrogen-bond acceptors (Lipinski definition) is 5. The summed E-state index contributed by atoms with van der Waals surface area (Å²) < 4.78 is 72.5. The van der Waals surface area contributed by atoms with Crippen molar-refractivity contribution in [3.63, 3.8) is 0 Å². The van der Waals surface area contributed by atoms with E-state index in [0.717, 1.165) is 17.1 Å². The van der Waals surface area contributed by atoms with Crippen LogP contribution < -0.4 is 10.1 Å². The van der Waals surface area contributed by atoms with Gasteiger partial charge in [0, 0.05) is 37.3 Å². The minimum Gasteiger partial charge on any atom is -0.391 e. The van der Waals surface area contributed by atoms with E-state index in [2.05, 4.69) is 10.3 Å². The van der Waals surface area contributed by atoms with Crippen LogP contribution in [0.25, 0.3) is 5.57 Å². The number of benzene rings is 1. The second kappa shape index (κ2) is 8.31. The molecule has 1 aliphatic heterocycles. The average Bonchev–Trinajstić information content (AvgIpc) is 3.51. The van der Waals surface area contributed by atoms with Gasteiger partial charge < -0.3 is 10.1 Å². The summed E-state index contributed by atoms with van der Waals surface area (Å²) in [4.78, 5) is 14.9. The van der Waals surface area contributed by atoms with E-state index >= 15 is 0 Å². The zero-order valence-electron chi connectivity index (χ0n) is 16.1. The van der Waals surface area contributed by atoms with Gasteiger partial charge in [-0.25, -0.2) is 31.4 Å². The molecule has 1 aromatic heterocycles. The quantitative estimate of drug-likeness (QED) is 0.751. The number of carbonyl (C=O) groups is 1. The number of hydrogen-bond donors (Lipinski definition) is 1. The minimum absolute atomic E-state index is 0.0562.